The number of ether oxygens (including phenoxy) is 1. The van der Waals surface area contributed by atoms with Crippen molar-refractivity contribution in [2.75, 3.05) is 13.7 Å². The first-order valence-electron chi connectivity index (χ1n) is 7.93. The van der Waals surface area contributed by atoms with E-state index in [2.05, 4.69) is 10.2 Å². The molecule has 0 spiro atoms. The molecule has 0 unspecified atom stereocenters. The number of likely N-dealkylation sites (N-methyl/N-ethyl adjacent to an activating group) is 1. The molecule has 2 aromatic carbocycles. The molecule has 0 aliphatic rings. The lowest BCUT2D eigenvalue weighted by molar-refractivity contribution is -0.132. The second-order valence-electron chi connectivity index (χ2n) is 5.72. The van der Waals surface area contributed by atoms with Gasteiger partial charge in [-0.3, -0.25) is 4.79 Å². The fourth-order valence-electron chi connectivity index (χ4n) is 2.27. The Morgan fingerprint density at radius 3 is 2.68 bits per heavy atom. The molecular formula is C19H19N3O3. The van der Waals surface area contributed by atoms with Gasteiger partial charge in [-0.15, -0.1) is 10.2 Å². The van der Waals surface area contributed by atoms with Gasteiger partial charge in [-0.25, -0.2) is 0 Å². The third-order valence-electron chi connectivity index (χ3n) is 3.64. The number of nitrogens with zero attached hydrogens (tertiary/aromatic N) is 3. The fraction of sp³-hybridized carbons (Fsp3) is 0.211. The van der Waals surface area contributed by atoms with Gasteiger partial charge < -0.3 is 14.1 Å². The Morgan fingerprint density at radius 1 is 1.12 bits per heavy atom. The largest absolute Gasteiger partial charge is 0.484 e. The van der Waals surface area contributed by atoms with Crippen LogP contribution in [0.5, 0.6) is 5.75 Å². The zero-order valence-corrected chi connectivity index (χ0v) is 14.2. The number of aromatic nitrogens is 2. The highest BCUT2D eigenvalue weighted by atomic mass is 16.5. The van der Waals surface area contributed by atoms with Gasteiger partial charge in [-0.2, -0.15) is 0 Å². The van der Waals surface area contributed by atoms with Crippen LogP contribution in [0.3, 0.4) is 0 Å². The summed E-state index contributed by atoms with van der Waals surface area (Å²) in [5.41, 5.74) is 1.93. The number of hydrogen-bond acceptors (Lipinski definition) is 5. The molecule has 0 saturated carbocycles. The van der Waals surface area contributed by atoms with Crippen LogP contribution in [-0.4, -0.2) is 34.7 Å². The Morgan fingerprint density at radius 2 is 1.92 bits per heavy atom. The van der Waals surface area contributed by atoms with Crippen LogP contribution in [0.15, 0.2) is 59.0 Å². The SMILES string of the molecule is Cc1cccc(OCC(=O)N(C)Cc2nnc(-c3ccccc3)o2)c1. The summed E-state index contributed by atoms with van der Waals surface area (Å²) in [5.74, 6) is 1.32. The highest BCUT2D eigenvalue weighted by molar-refractivity contribution is 5.77. The van der Waals surface area contributed by atoms with E-state index in [1.165, 1.54) is 4.90 Å². The number of hydrogen-bond donors (Lipinski definition) is 0. The van der Waals surface area contributed by atoms with Crippen molar-refractivity contribution in [2.24, 2.45) is 0 Å². The monoisotopic (exact) mass is 337 g/mol. The second-order valence-corrected chi connectivity index (χ2v) is 5.72. The van der Waals surface area contributed by atoms with E-state index in [9.17, 15) is 4.79 Å². The number of rotatable bonds is 6. The molecule has 6 heteroatoms. The molecule has 0 aliphatic heterocycles. The van der Waals surface area contributed by atoms with Crippen molar-refractivity contribution >= 4 is 5.91 Å². The van der Waals surface area contributed by atoms with Crippen molar-refractivity contribution in [2.45, 2.75) is 13.5 Å². The number of carbonyl (C=O) groups is 1. The van der Waals surface area contributed by atoms with Crippen molar-refractivity contribution in [3.05, 3.63) is 66.1 Å². The Labute approximate surface area is 146 Å². The van der Waals surface area contributed by atoms with Crippen LogP contribution in [-0.2, 0) is 11.3 Å². The van der Waals surface area contributed by atoms with E-state index in [0.29, 0.717) is 17.5 Å². The summed E-state index contributed by atoms with van der Waals surface area (Å²) in [6.45, 7) is 2.16. The molecule has 1 amide bonds. The van der Waals surface area contributed by atoms with Crippen LogP contribution in [0, 0.1) is 6.92 Å². The molecular weight excluding hydrogens is 318 g/mol. The van der Waals surface area contributed by atoms with E-state index in [-0.39, 0.29) is 19.1 Å². The summed E-state index contributed by atoms with van der Waals surface area (Å²) in [5, 5.41) is 8.01. The molecule has 0 bridgehead atoms. The van der Waals surface area contributed by atoms with Gasteiger partial charge in [0.25, 0.3) is 5.91 Å². The lowest BCUT2D eigenvalue weighted by Crippen LogP contribution is -2.31. The summed E-state index contributed by atoms with van der Waals surface area (Å²) in [4.78, 5) is 13.7. The molecule has 0 atom stereocenters. The summed E-state index contributed by atoms with van der Waals surface area (Å²) in [6, 6.07) is 17.1. The maximum atomic E-state index is 12.2. The van der Waals surface area contributed by atoms with Crippen LogP contribution in [0.25, 0.3) is 11.5 Å². The number of carbonyl (C=O) groups excluding carboxylic acids is 1. The predicted octanol–water partition coefficient (Wildman–Crippen LogP) is 3.08. The topological polar surface area (TPSA) is 68.5 Å². The zero-order valence-electron chi connectivity index (χ0n) is 14.2. The van der Waals surface area contributed by atoms with Crippen molar-refractivity contribution in [3.63, 3.8) is 0 Å². The maximum Gasteiger partial charge on any atom is 0.260 e. The quantitative estimate of drug-likeness (QED) is 0.691. The summed E-state index contributed by atoms with van der Waals surface area (Å²) >= 11 is 0. The third kappa shape index (κ3) is 4.44. The second kappa shape index (κ2) is 7.61. The Hall–Kier alpha value is -3.15. The first kappa shape index (κ1) is 16.7. The molecule has 0 aliphatic carbocycles. The average molecular weight is 337 g/mol. The van der Waals surface area contributed by atoms with Crippen LogP contribution >= 0.6 is 0 Å². The van der Waals surface area contributed by atoms with Gasteiger partial charge in [0.05, 0.1) is 6.54 Å². The van der Waals surface area contributed by atoms with Crippen molar-refractivity contribution in [3.8, 4) is 17.2 Å². The van der Waals surface area contributed by atoms with Gasteiger partial charge >= 0.3 is 0 Å². The van der Waals surface area contributed by atoms with Gasteiger partial charge in [0.2, 0.25) is 11.8 Å². The van der Waals surface area contributed by atoms with Gasteiger partial charge in [-0.05, 0) is 36.8 Å². The molecule has 6 nitrogen and oxygen atoms in total. The van der Waals surface area contributed by atoms with Gasteiger partial charge in [0.1, 0.15) is 5.75 Å². The first-order chi connectivity index (χ1) is 12.1. The lowest BCUT2D eigenvalue weighted by atomic mass is 10.2. The molecule has 25 heavy (non-hydrogen) atoms. The molecule has 0 saturated heterocycles. The molecule has 0 N–H and O–H groups in total. The predicted molar refractivity (Wildman–Crippen MR) is 92.9 cm³/mol. The highest BCUT2D eigenvalue weighted by Gasteiger charge is 2.15. The van der Waals surface area contributed by atoms with Crippen LogP contribution in [0.1, 0.15) is 11.5 Å². The number of amides is 1. The van der Waals surface area contributed by atoms with E-state index < -0.39 is 0 Å². The van der Waals surface area contributed by atoms with E-state index in [4.69, 9.17) is 9.15 Å². The van der Waals surface area contributed by atoms with Crippen molar-refractivity contribution < 1.29 is 13.9 Å². The fourth-order valence-corrected chi connectivity index (χ4v) is 2.27. The van der Waals surface area contributed by atoms with Crippen molar-refractivity contribution in [1.82, 2.24) is 15.1 Å². The Kier molecular flexibility index (Phi) is 5.09. The van der Waals surface area contributed by atoms with Gasteiger partial charge in [-0.1, -0.05) is 30.3 Å². The normalized spacial score (nSPS) is 10.5. The molecule has 0 radical (unpaired) electrons. The molecule has 3 rings (SSSR count). The van der Waals surface area contributed by atoms with Crippen LogP contribution in [0.2, 0.25) is 0 Å². The minimum Gasteiger partial charge on any atom is -0.484 e. The first-order valence-corrected chi connectivity index (χ1v) is 7.93. The van der Waals surface area contributed by atoms with E-state index >= 15 is 0 Å². The van der Waals surface area contributed by atoms with Crippen LogP contribution < -0.4 is 4.74 Å². The van der Waals surface area contributed by atoms with Gasteiger partial charge in [0.15, 0.2) is 6.61 Å². The maximum absolute atomic E-state index is 12.2. The molecule has 3 aromatic rings. The smallest absolute Gasteiger partial charge is 0.260 e. The Bertz CT molecular complexity index is 846. The van der Waals surface area contributed by atoms with E-state index in [1.807, 2.05) is 61.5 Å². The minimum atomic E-state index is -0.166. The zero-order chi connectivity index (χ0) is 17.6. The molecule has 128 valence electrons. The lowest BCUT2D eigenvalue weighted by Gasteiger charge is -2.15. The van der Waals surface area contributed by atoms with E-state index in [0.717, 1.165) is 11.1 Å². The van der Waals surface area contributed by atoms with E-state index in [1.54, 1.807) is 7.05 Å². The molecule has 1 heterocycles. The highest BCUT2D eigenvalue weighted by Crippen LogP contribution is 2.17. The third-order valence-corrected chi connectivity index (χ3v) is 3.64. The minimum absolute atomic E-state index is 0.0420. The average Bonchev–Trinajstić information content (AvgIpc) is 3.09. The summed E-state index contributed by atoms with van der Waals surface area (Å²) < 4.78 is 11.1. The number of aryl methyl sites for hydroxylation is 1. The number of benzene rings is 2. The van der Waals surface area contributed by atoms with Crippen molar-refractivity contribution in [1.29, 1.82) is 0 Å². The summed E-state index contributed by atoms with van der Waals surface area (Å²) in [7, 11) is 1.67. The molecule has 0 fully saturated rings. The Balaban J connectivity index is 1.56. The van der Waals surface area contributed by atoms with Gasteiger partial charge in [0, 0.05) is 12.6 Å². The summed E-state index contributed by atoms with van der Waals surface area (Å²) in [6.07, 6.45) is 0. The standard InChI is InChI=1S/C19H19N3O3/c1-14-7-6-10-16(11-14)24-13-18(23)22(2)12-17-20-21-19(25-17)15-8-4-3-5-9-15/h3-11H,12-13H2,1-2H3. The van der Waals surface area contributed by atoms with Crippen LogP contribution in [0.4, 0.5) is 0 Å². The molecule has 1 aromatic heterocycles.